The lowest BCUT2D eigenvalue weighted by atomic mass is 9.56. The van der Waals surface area contributed by atoms with Gasteiger partial charge in [-0.25, -0.2) is 26.9 Å². The van der Waals surface area contributed by atoms with Crippen molar-refractivity contribution in [3.63, 3.8) is 0 Å². The Balaban J connectivity index is 1.23. The molecule has 5 aliphatic rings. The zero-order valence-corrected chi connectivity index (χ0v) is 30.1. The molecule has 0 radical (unpaired) electrons. The number of hydrogen-bond acceptors (Lipinski definition) is 8. The van der Waals surface area contributed by atoms with Gasteiger partial charge in [0.1, 0.15) is 18.0 Å². The highest BCUT2D eigenvalue weighted by Gasteiger charge is 2.77. The van der Waals surface area contributed by atoms with E-state index in [1.54, 1.807) is 30.3 Å². The first-order valence-electron chi connectivity index (χ1n) is 17.4. The number of rotatable bonds is 7. The van der Waals surface area contributed by atoms with Gasteiger partial charge in [0.15, 0.2) is 33.0 Å². The van der Waals surface area contributed by atoms with E-state index >= 15 is 8.78 Å². The number of aliphatic hydroxyl groups is 1. The molecule has 1 N–H and O–H groups in total. The van der Waals surface area contributed by atoms with E-state index in [-0.39, 0.29) is 35.8 Å². The van der Waals surface area contributed by atoms with Crippen LogP contribution in [-0.4, -0.2) is 78.0 Å². The smallest absolute Gasteiger partial charge is 0.258 e. The molecule has 10 nitrogen and oxygen atoms in total. The third-order valence-corrected chi connectivity index (χ3v) is 12.7. The summed E-state index contributed by atoms with van der Waals surface area (Å²) in [5, 5.41) is 9.19. The highest BCUT2D eigenvalue weighted by Crippen LogP contribution is 2.66. The number of imide groups is 2. The first-order chi connectivity index (χ1) is 26.3. The van der Waals surface area contributed by atoms with Crippen LogP contribution in [0.4, 0.5) is 39.0 Å². The second-order valence-electron chi connectivity index (χ2n) is 14.0. The van der Waals surface area contributed by atoms with Gasteiger partial charge in [0.2, 0.25) is 17.6 Å². The number of halogens is 7. The molecule has 4 fully saturated rings. The predicted molar refractivity (Wildman–Crippen MR) is 187 cm³/mol. The van der Waals surface area contributed by atoms with E-state index in [2.05, 4.69) is 4.90 Å². The second-order valence-corrected chi connectivity index (χ2v) is 15.2. The summed E-state index contributed by atoms with van der Waals surface area (Å²) < 4.78 is 84.6. The van der Waals surface area contributed by atoms with Gasteiger partial charge in [0.25, 0.3) is 11.8 Å². The Kier molecular flexibility index (Phi) is 9.22. The summed E-state index contributed by atoms with van der Waals surface area (Å²) in [5.41, 5.74) is -0.145. The van der Waals surface area contributed by atoms with Gasteiger partial charge in [-0.2, -0.15) is 0 Å². The first-order valence-corrected chi connectivity index (χ1v) is 18.1. The van der Waals surface area contributed by atoms with E-state index in [1.807, 2.05) is 0 Å². The number of benzene rings is 3. The van der Waals surface area contributed by atoms with Gasteiger partial charge in [-0.05, 0) is 60.7 Å². The Bertz CT molecular complexity index is 2140. The lowest BCUT2D eigenvalue weighted by Gasteiger charge is -2.50. The van der Waals surface area contributed by atoms with Crippen molar-refractivity contribution in [2.75, 3.05) is 54.2 Å². The Labute approximate surface area is 320 Å². The molecular weight excluding hydrogens is 776 g/mol. The van der Waals surface area contributed by atoms with Gasteiger partial charge in [0, 0.05) is 24.7 Å². The van der Waals surface area contributed by atoms with Crippen molar-refractivity contribution in [2.45, 2.75) is 28.5 Å². The minimum atomic E-state index is -2.64. The Morgan fingerprint density at radius 2 is 1.36 bits per heavy atom. The van der Waals surface area contributed by atoms with Crippen LogP contribution in [0, 0.1) is 46.8 Å². The summed E-state index contributed by atoms with van der Waals surface area (Å²) in [6, 6.07) is 12.7. The van der Waals surface area contributed by atoms with Gasteiger partial charge in [-0.1, -0.05) is 23.8 Å². The molecule has 55 heavy (non-hydrogen) atoms. The number of fused-ring (bicyclic) bond motifs is 4. The monoisotopic (exact) mass is 805 g/mol. The minimum absolute atomic E-state index is 0.00335. The summed E-state index contributed by atoms with van der Waals surface area (Å²) >= 11 is 14.4. The minimum Gasteiger partial charge on any atom is -0.491 e. The van der Waals surface area contributed by atoms with E-state index < -0.39 is 98.2 Å². The van der Waals surface area contributed by atoms with Crippen LogP contribution >= 0.6 is 23.2 Å². The number of anilines is 3. The van der Waals surface area contributed by atoms with Gasteiger partial charge in [-0.3, -0.25) is 24.1 Å². The molecule has 3 heterocycles. The average Bonchev–Trinajstić information content (AvgIpc) is 3.54. The van der Waals surface area contributed by atoms with Crippen molar-refractivity contribution >= 4 is 63.9 Å². The van der Waals surface area contributed by atoms with E-state index in [1.165, 1.54) is 24.3 Å². The molecule has 1 saturated carbocycles. The lowest BCUT2D eigenvalue weighted by molar-refractivity contribution is -0.125. The normalized spacial score (nSPS) is 29.0. The summed E-state index contributed by atoms with van der Waals surface area (Å²) in [7, 11) is 0. The maximum Gasteiger partial charge on any atom is 0.258 e. The van der Waals surface area contributed by atoms with Crippen LogP contribution in [0.15, 0.2) is 60.2 Å². The van der Waals surface area contributed by atoms with Crippen molar-refractivity contribution in [3.8, 4) is 5.75 Å². The molecule has 3 aliphatic heterocycles. The maximum absolute atomic E-state index is 15.3. The van der Waals surface area contributed by atoms with Crippen LogP contribution in [-0.2, 0) is 23.9 Å². The largest absolute Gasteiger partial charge is 0.491 e. The summed E-state index contributed by atoms with van der Waals surface area (Å²) in [6.45, 7) is 2.06. The quantitative estimate of drug-likeness (QED) is 0.0849. The van der Waals surface area contributed by atoms with Crippen molar-refractivity contribution in [2.24, 2.45) is 17.8 Å². The van der Waals surface area contributed by atoms with E-state index in [0.29, 0.717) is 37.6 Å². The second kappa shape index (κ2) is 13.6. The van der Waals surface area contributed by atoms with Crippen molar-refractivity contribution < 1.29 is 55.7 Å². The zero-order chi connectivity index (χ0) is 39.1. The van der Waals surface area contributed by atoms with Gasteiger partial charge >= 0.3 is 0 Å². The average molecular weight is 807 g/mol. The number of nitrogens with zero attached hydrogens (tertiary/aromatic N) is 3. The fourth-order valence-corrected chi connectivity index (χ4v) is 9.68. The van der Waals surface area contributed by atoms with Crippen LogP contribution in [0.2, 0.25) is 0 Å². The maximum atomic E-state index is 15.3. The topological polar surface area (TPSA) is 117 Å². The molecule has 3 aromatic rings. The highest BCUT2D eigenvalue weighted by molar-refractivity contribution is 6.58. The van der Waals surface area contributed by atoms with Crippen LogP contribution in [0.25, 0.3) is 0 Å². The number of allylic oxidation sites excluding steroid dienone is 2. The van der Waals surface area contributed by atoms with Gasteiger partial charge in [0.05, 0.1) is 37.3 Å². The Morgan fingerprint density at radius 3 is 1.98 bits per heavy atom. The van der Waals surface area contributed by atoms with Crippen molar-refractivity contribution in [1.82, 2.24) is 0 Å². The van der Waals surface area contributed by atoms with Crippen LogP contribution < -0.4 is 19.4 Å². The third-order valence-electron chi connectivity index (χ3n) is 11.3. The molecule has 3 aromatic carbocycles. The molecule has 0 aromatic heterocycles. The molecule has 6 atom stereocenters. The standard InChI is InChI=1S/C38H30Cl2F5N3O7/c39-37-17-24-22(9-10-23-25(24)34(51)47(33(23)50)20-5-3-19(4-6-20)46-11-14-54-15-12-46)26(18-1-7-21(8-2-18)55-16-13-49)38(37,40)36(53)48(35(37)52)32-30(44)28(42)27(41)29(43)31(32)45/h1-9,23-26,49H,10-17H2/t23-,24+,25-,26-,37+,38-/m0/s1. The Morgan fingerprint density at radius 1 is 0.764 bits per heavy atom. The summed E-state index contributed by atoms with van der Waals surface area (Å²) in [5.74, 6) is -20.8. The third kappa shape index (κ3) is 5.33. The number of alkyl halides is 2. The van der Waals surface area contributed by atoms with Crippen LogP contribution in [0.3, 0.4) is 0 Å². The molecule has 0 bridgehead atoms. The summed E-state index contributed by atoms with van der Waals surface area (Å²) in [6.07, 6.45) is 1.02. The van der Waals surface area contributed by atoms with Crippen molar-refractivity contribution in [3.05, 3.63) is 94.8 Å². The molecule has 288 valence electrons. The fraction of sp³-hybridized carbons (Fsp3) is 0.368. The van der Waals surface area contributed by atoms with Crippen LogP contribution in [0.1, 0.15) is 24.3 Å². The number of carbonyl (C=O) groups is 4. The molecule has 0 unspecified atom stereocenters. The lowest BCUT2D eigenvalue weighted by Crippen LogP contribution is -2.60. The fourth-order valence-electron chi connectivity index (χ4n) is 8.75. The number of carbonyl (C=O) groups excluding carboxylic acids is 4. The SMILES string of the molecule is O=C1[C@H]2[C@H](CC=C3[C@H]2C[C@@]2(Cl)C(=O)N(c4c(F)c(F)c(F)c(F)c4F)C(=O)[C@@]2(Cl)[C@H]3c2ccc(OCCO)cc2)C(=O)N1c1ccc(N2CCOCC2)cc1. The number of hydrogen-bond donors (Lipinski definition) is 1. The molecule has 8 rings (SSSR count). The molecular formula is C38H30Cl2F5N3O7. The molecule has 17 heteroatoms. The number of amides is 4. The zero-order valence-electron chi connectivity index (χ0n) is 28.5. The van der Waals surface area contributed by atoms with Gasteiger partial charge < -0.3 is 19.5 Å². The van der Waals surface area contributed by atoms with Gasteiger partial charge in [-0.15, -0.1) is 23.2 Å². The van der Waals surface area contributed by atoms with Crippen molar-refractivity contribution in [1.29, 1.82) is 0 Å². The van der Waals surface area contributed by atoms with Crippen LogP contribution in [0.5, 0.6) is 5.75 Å². The first kappa shape index (κ1) is 37.4. The Hall–Kier alpha value is -4.57. The molecule has 0 spiro atoms. The molecule has 2 aliphatic carbocycles. The molecule has 4 amide bonds. The highest BCUT2D eigenvalue weighted by atomic mass is 35.5. The predicted octanol–water partition coefficient (Wildman–Crippen LogP) is 5.36. The summed E-state index contributed by atoms with van der Waals surface area (Å²) in [4.78, 5) is 55.0. The number of morpholine rings is 1. The van der Waals surface area contributed by atoms with E-state index in [0.717, 1.165) is 10.6 Å². The number of aliphatic hydroxyl groups excluding tert-OH is 1. The molecule has 3 saturated heterocycles. The number of ether oxygens (including phenoxy) is 2. The van der Waals surface area contributed by atoms with E-state index in [9.17, 15) is 37.5 Å². The van der Waals surface area contributed by atoms with E-state index in [4.69, 9.17) is 32.7 Å².